The molecule has 0 heterocycles. The summed E-state index contributed by atoms with van der Waals surface area (Å²) in [5.41, 5.74) is 1.14. The molecule has 0 radical (unpaired) electrons. The smallest absolute Gasteiger partial charge is 0.241 e. The third-order valence-electron chi connectivity index (χ3n) is 3.18. The molecule has 0 aliphatic carbocycles. The number of carbonyl (C=O) groups is 1. The van der Waals surface area contributed by atoms with E-state index in [4.69, 9.17) is 4.74 Å². The highest BCUT2D eigenvalue weighted by Crippen LogP contribution is 2.17. The minimum atomic E-state index is -0.0613. The van der Waals surface area contributed by atoms with E-state index in [1.807, 2.05) is 38.1 Å². The zero-order chi connectivity index (χ0) is 16.9. The average molecular weight is 320 g/mol. The summed E-state index contributed by atoms with van der Waals surface area (Å²) in [5.74, 6) is 1.47. The Kier molecular flexibility index (Phi) is 9.28. The van der Waals surface area contributed by atoms with Crippen LogP contribution in [0.25, 0.3) is 0 Å². The van der Waals surface area contributed by atoms with Crippen molar-refractivity contribution in [2.45, 2.75) is 26.7 Å². The molecule has 128 valence electrons. The van der Waals surface area contributed by atoms with Gasteiger partial charge in [0, 0.05) is 19.6 Å². The number of benzene rings is 1. The highest BCUT2D eigenvalue weighted by molar-refractivity contribution is 5.84. The normalized spacial score (nSPS) is 11.0. The van der Waals surface area contributed by atoms with Crippen molar-refractivity contribution in [3.63, 3.8) is 0 Å². The van der Waals surface area contributed by atoms with E-state index >= 15 is 0 Å². The number of aliphatic imine (C=N–C) groups is 1. The fraction of sp³-hybridized carbons (Fsp3) is 0.529. The molecule has 6 nitrogen and oxygen atoms in total. The van der Waals surface area contributed by atoms with Crippen LogP contribution in [0.15, 0.2) is 29.3 Å². The first-order valence-corrected chi connectivity index (χ1v) is 8.12. The molecule has 1 rings (SSSR count). The maximum absolute atomic E-state index is 11.6. The van der Waals surface area contributed by atoms with E-state index in [9.17, 15) is 4.79 Å². The largest absolute Gasteiger partial charge is 0.496 e. The topological polar surface area (TPSA) is 74.8 Å². The molecule has 0 unspecified atom stereocenters. The second-order valence-corrected chi connectivity index (χ2v) is 5.03. The predicted octanol–water partition coefficient (Wildman–Crippen LogP) is 1.32. The predicted molar refractivity (Wildman–Crippen MR) is 94.0 cm³/mol. The lowest BCUT2D eigenvalue weighted by molar-refractivity contribution is -0.119. The van der Waals surface area contributed by atoms with E-state index in [0.717, 1.165) is 30.7 Å². The number of nitrogens with zero attached hydrogens (tertiary/aromatic N) is 1. The van der Waals surface area contributed by atoms with Gasteiger partial charge in [0.25, 0.3) is 0 Å². The summed E-state index contributed by atoms with van der Waals surface area (Å²) in [6, 6.07) is 7.95. The molecule has 0 bridgehead atoms. The average Bonchev–Trinajstić information content (AvgIpc) is 2.58. The number of rotatable bonds is 9. The van der Waals surface area contributed by atoms with Crippen molar-refractivity contribution in [3.05, 3.63) is 29.8 Å². The number of hydrogen-bond donors (Lipinski definition) is 3. The third kappa shape index (κ3) is 7.54. The molecule has 6 heteroatoms. The van der Waals surface area contributed by atoms with Gasteiger partial charge in [-0.05, 0) is 31.4 Å². The molecule has 1 aromatic carbocycles. The van der Waals surface area contributed by atoms with Crippen molar-refractivity contribution < 1.29 is 9.53 Å². The highest BCUT2D eigenvalue weighted by atomic mass is 16.5. The van der Waals surface area contributed by atoms with E-state index in [1.165, 1.54) is 0 Å². The van der Waals surface area contributed by atoms with E-state index in [0.29, 0.717) is 19.0 Å². The molecule has 0 spiro atoms. The number of ether oxygens (including phenoxy) is 1. The van der Waals surface area contributed by atoms with Gasteiger partial charge in [-0.2, -0.15) is 0 Å². The molecular weight excluding hydrogens is 292 g/mol. The standard InChI is InChI=1S/C17H28N4O2/c1-4-11-19-16(22)13-21-17(18-5-2)20-12-10-14-8-6-7-9-15(14)23-3/h6-9H,4-5,10-13H2,1-3H3,(H,19,22)(H2,18,20,21). The van der Waals surface area contributed by atoms with E-state index in [1.54, 1.807) is 7.11 Å². The zero-order valence-electron chi connectivity index (χ0n) is 14.3. The summed E-state index contributed by atoms with van der Waals surface area (Å²) < 4.78 is 5.34. The first-order chi connectivity index (χ1) is 11.2. The Hall–Kier alpha value is -2.24. The van der Waals surface area contributed by atoms with Crippen LogP contribution in [0.3, 0.4) is 0 Å². The molecule has 0 aliphatic heterocycles. The first-order valence-electron chi connectivity index (χ1n) is 8.12. The van der Waals surface area contributed by atoms with Crippen molar-refractivity contribution in [2.24, 2.45) is 4.99 Å². The summed E-state index contributed by atoms with van der Waals surface area (Å²) in [7, 11) is 1.67. The quantitative estimate of drug-likeness (QED) is 0.474. The van der Waals surface area contributed by atoms with E-state index < -0.39 is 0 Å². The summed E-state index contributed by atoms with van der Waals surface area (Å²) in [4.78, 5) is 15.9. The minimum Gasteiger partial charge on any atom is -0.496 e. The molecule has 1 aromatic rings. The second-order valence-electron chi connectivity index (χ2n) is 5.03. The molecule has 3 N–H and O–H groups in total. The van der Waals surface area contributed by atoms with Gasteiger partial charge in [0.1, 0.15) is 12.3 Å². The van der Waals surface area contributed by atoms with E-state index in [-0.39, 0.29) is 12.5 Å². The van der Waals surface area contributed by atoms with Gasteiger partial charge >= 0.3 is 0 Å². The van der Waals surface area contributed by atoms with Crippen molar-refractivity contribution in [2.75, 3.05) is 33.3 Å². The van der Waals surface area contributed by atoms with Gasteiger partial charge in [-0.1, -0.05) is 25.1 Å². The van der Waals surface area contributed by atoms with Gasteiger partial charge < -0.3 is 20.7 Å². The maximum Gasteiger partial charge on any atom is 0.241 e. The molecule has 0 aliphatic rings. The maximum atomic E-state index is 11.6. The number of nitrogens with one attached hydrogen (secondary N) is 3. The first kappa shape index (κ1) is 18.8. The fourth-order valence-electron chi connectivity index (χ4n) is 2.04. The van der Waals surface area contributed by atoms with Crippen molar-refractivity contribution in [1.29, 1.82) is 0 Å². The fourth-order valence-corrected chi connectivity index (χ4v) is 2.04. The van der Waals surface area contributed by atoms with Gasteiger partial charge in [0.05, 0.1) is 7.11 Å². The van der Waals surface area contributed by atoms with Crippen LogP contribution < -0.4 is 20.7 Å². The third-order valence-corrected chi connectivity index (χ3v) is 3.18. The van der Waals surface area contributed by atoms with Crippen LogP contribution in [0, 0.1) is 0 Å². The van der Waals surface area contributed by atoms with Crippen LogP contribution in [-0.4, -0.2) is 45.2 Å². The van der Waals surface area contributed by atoms with Crippen LogP contribution in [0.5, 0.6) is 5.75 Å². The number of amides is 1. The monoisotopic (exact) mass is 320 g/mol. The number of hydrogen-bond acceptors (Lipinski definition) is 3. The highest BCUT2D eigenvalue weighted by Gasteiger charge is 2.04. The molecule has 0 atom stereocenters. The second kappa shape index (κ2) is 11.3. The van der Waals surface area contributed by atoms with Crippen LogP contribution in [0.4, 0.5) is 0 Å². The molecular formula is C17H28N4O2. The molecule has 0 saturated carbocycles. The van der Waals surface area contributed by atoms with Crippen LogP contribution in [-0.2, 0) is 11.2 Å². The molecule has 0 saturated heterocycles. The number of guanidine groups is 1. The number of carbonyl (C=O) groups excluding carboxylic acids is 1. The van der Waals surface area contributed by atoms with Crippen molar-refractivity contribution in [1.82, 2.24) is 16.0 Å². The van der Waals surface area contributed by atoms with Gasteiger partial charge in [-0.25, -0.2) is 4.99 Å². The van der Waals surface area contributed by atoms with Gasteiger partial charge in [-0.15, -0.1) is 0 Å². The van der Waals surface area contributed by atoms with Crippen LogP contribution >= 0.6 is 0 Å². The molecule has 0 fully saturated rings. The number of para-hydroxylation sites is 1. The lowest BCUT2D eigenvalue weighted by Crippen LogP contribution is -2.39. The molecule has 1 amide bonds. The Bertz CT molecular complexity index is 503. The van der Waals surface area contributed by atoms with Gasteiger partial charge in [0.15, 0.2) is 5.96 Å². The molecule has 23 heavy (non-hydrogen) atoms. The Balaban J connectivity index is 2.47. The lowest BCUT2D eigenvalue weighted by Gasteiger charge is -2.12. The zero-order valence-corrected chi connectivity index (χ0v) is 14.3. The summed E-state index contributed by atoms with van der Waals surface area (Å²) >= 11 is 0. The Morgan fingerprint density at radius 3 is 2.61 bits per heavy atom. The summed E-state index contributed by atoms with van der Waals surface area (Å²) in [6.45, 7) is 6.29. The minimum absolute atomic E-state index is 0.0613. The van der Waals surface area contributed by atoms with Crippen molar-refractivity contribution in [3.8, 4) is 5.75 Å². The SMILES string of the molecule is CCCNC(=O)CN=C(NCC)NCCc1ccccc1OC. The summed E-state index contributed by atoms with van der Waals surface area (Å²) in [6.07, 6.45) is 1.74. The lowest BCUT2D eigenvalue weighted by atomic mass is 10.1. The Morgan fingerprint density at radius 2 is 1.91 bits per heavy atom. The van der Waals surface area contributed by atoms with Crippen LogP contribution in [0.2, 0.25) is 0 Å². The summed E-state index contributed by atoms with van der Waals surface area (Å²) in [5, 5.41) is 9.18. The van der Waals surface area contributed by atoms with Crippen LogP contribution in [0.1, 0.15) is 25.8 Å². The van der Waals surface area contributed by atoms with Gasteiger partial charge in [0.2, 0.25) is 5.91 Å². The number of methoxy groups -OCH3 is 1. The van der Waals surface area contributed by atoms with E-state index in [2.05, 4.69) is 20.9 Å². The van der Waals surface area contributed by atoms with Crippen molar-refractivity contribution >= 4 is 11.9 Å². The Morgan fingerprint density at radius 1 is 1.13 bits per heavy atom. The Labute approximate surface area is 138 Å². The molecule has 0 aromatic heterocycles. The van der Waals surface area contributed by atoms with Gasteiger partial charge in [-0.3, -0.25) is 4.79 Å².